The van der Waals surface area contributed by atoms with Gasteiger partial charge in [-0.2, -0.15) is 0 Å². The molecule has 0 fully saturated rings. The fraction of sp³-hybridized carbons (Fsp3) is 0.0286. The first-order chi connectivity index (χ1) is 17.8. The smallest absolute Gasteiger partial charge is 0.0714 e. The van der Waals surface area contributed by atoms with Crippen molar-refractivity contribution in [3.05, 3.63) is 167 Å². The van der Waals surface area contributed by atoms with Crippen LogP contribution in [0.5, 0.6) is 0 Å². The maximum absolute atomic E-state index is 6.62. The van der Waals surface area contributed by atoms with Gasteiger partial charge in [0.1, 0.15) is 0 Å². The second-order valence-corrected chi connectivity index (χ2v) is 9.86. The lowest BCUT2D eigenvalue weighted by atomic mass is 9.67. The third-order valence-electron chi connectivity index (χ3n) is 7.61. The quantitative estimate of drug-likeness (QED) is 0.237. The fourth-order valence-corrected chi connectivity index (χ4v) is 6.40. The Balaban J connectivity index is 1.65. The van der Waals surface area contributed by atoms with E-state index in [-0.39, 0.29) is 0 Å². The van der Waals surface area contributed by atoms with Gasteiger partial charge in [-0.05, 0) is 67.4 Å². The largest absolute Gasteiger partial charge is 0.0843 e. The third-order valence-corrected chi connectivity index (χ3v) is 7.85. The molecule has 0 radical (unpaired) electrons. The predicted molar refractivity (Wildman–Crippen MR) is 152 cm³/mol. The summed E-state index contributed by atoms with van der Waals surface area (Å²) in [4.78, 5) is 0. The molecule has 1 unspecified atom stereocenters. The zero-order valence-corrected chi connectivity index (χ0v) is 20.4. The average Bonchev–Trinajstić information content (AvgIpc) is 3.25. The number of benzene rings is 6. The Morgan fingerprint density at radius 3 is 1.94 bits per heavy atom. The topological polar surface area (TPSA) is 0 Å². The van der Waals surface area contributed by atoms with Gasteiger partial charge in [0.05, 0.1) is 5.41 Å². The number of hydrogen-bond donors (Lipinski definition) is 0. The molecule has 6 aromatic rings. The van der Waals surface area contributed by atoms with E-state index < -0.39 is 5.41 Å². The number of halogens is 1. The highest BCUT2D eigenvalue weighted by Gasteiger charge is 2.46. The monoisotopic (exact) mass is 478 g/mol. The van der Waals surface area contributed by atoms with Crippen molar-refractivity contribution in [3.8, 4) is 22.3 Å². The molecule has 1 atom stereocenters. The molecule has 36 heavy (non-hydrogen) atoms. The number of hydrogen-bond acceptors (Lipinski definition) is 0. The summed E-state index contributed by atoms with van der Waals surface area (Å²) < 4.78 is 0. The van der Waals surface area contributed by atoms with Gasteiger partial charge < -0.3 is 0 Å². The van der Waals surface area contributed by atoms with Crippen molar-refractivity contribution in [2.45, 2.75) is 5.41 Å². The highest BCUT2D eigenvalue weighted by Crippen LogP contribution is 2.58. The van der Waals surface area contributed by atoms with Crippen molar-refractivity contribution in [1.82, 2.24) is 0 Å². The summed E-state index contributed by atoms with van der Waals surface area (Å²) in [5.41, 5.74) is 9.65. The SMILES string of the molecule is Clc1cccc(C2(c3ccccc3)c3ccccc3-c3c(-c4cccc5ccccc45)cccc32)c1. The van der Waals surface area contributed by atoms with Gasteiger partial charge in [-0.3, -0.25) is 0 Å². The van der Waals surface area contributed by atoms with E-state index in [0.717, 1.165) is 5.02 Å². The van der Waals surface area contributed by atoms with E-state index in [1.807, 2.05) is 6.07 Å². The first-order valence-corrected chi connectivity index (χ1v) is 12.7. The van der Waals surface area contributed by atoms with Gasteiger partial charge in [0.25, 0.3) is 0 Å². The van der Waals surface area contributed by atoms with Crippen molar-refractivity contribution >= 4 is 22.4 Å². The van der Waals surface area contributed by atoms with E-state index >= 15 is 0 Å². The Morgan fingerprint density at radius 1 is 0.444 bits per heavy atom. The summed E-state index contributed by atoms with van der Waals surface area (Å²) in [6.07, 6.45) is 0. The van der Waals surface area contributed by atoms with Crippen molar-refractivity contribution in [3.63, 3.8) is 0 Å². The lowest BCUT2D eigenvalue weighted by Crippen LogP contribution is -2.28. The van der Waals surface area contributed by atoms with Gasteiger partial charge in [-0.25, -0.2) is 0 Å². The molecule has 0 amide bonds. The molecule has 0 aromatic heterocycles. The summed E-state index contributed by atoms with van der Waals surface area (Å²) in [5, 5.41) is 3.27. The Kier molecular flexibility index (Phi) is 4.84. The Morgan fingerprint density at radius 2 is 1.06 bits per heavy atom. The minimum Gasteiger partial charge on any atom is -0.0843 e. The highest BCUT2D eigenvalue weighted by molar-refractivity contribution is 6.30. The maximum atomic E-state index is 6.62. The van der Waals surface area contributed by atoms with Gasteiger partial charge >= 0.3 is 0 Å². The second-order valence-electron chi connectivity index (χ2n) is 9.43. The molecule has 0 heterocycles. The molecule has 0 saturated carbocycles. The lowest BCUT2D eigenvalue weighted by Gasteiger charge is -2.34. The van der Waals surface area contributed by atoms with Crippen LogP contribution in [0.15, 0.2) is 140 Å². The normalized spacial score (nSPS) is 16.0. The molecule has 0 nitrogen and oxygen atoms in total. The number of fused-ring (bicyclic) bond motifs is 4. The molecule has 7 rings (SSSR count). The van der Waals surface area contributed by atoms with E-state index in [9.17, 15) is 0 Å². The standard InChI is InChI=1S/C35H23Cl/c36-27-16-9-15-26(23-27)35(25-13-2-1-3-14-25)32-21-7-6-18-31(32)34-30(20-10-22-33(34)35)29-19-8-12-24-11-4-5-17-28(24)29/h1-23H. The van der Waals surface area contributed by atoms with Crippen molar-refractivity contribution in [2.24, 2.45) is 0 Å². The lowest BCUT2D eigenvalue weighted by molar-refractivity contribution is 0.768. The number of rotatable bonds is 3. The zero-order chi connectivity index (χ0) is 24.1. The summed E-state index contributed by atoms with van der Waals surface area (Å²) in [6.45, 7) is 0. The molecule has 0 aliphatic heterocycles. The van der Waals surface area contributed by atoms with Crippen LogP contribution in [0.4, 0.5) is 0 Å². The zero-order valence-electron chi connectivity index (χ0n) is 19.7. The maximum Gasteiger partial charge on any atom is 0.0714 e. The highest BCUT2D eigenvalue weighted by atomic mass is 35.5. The van der Waals surface area contributed by atoms with Crippen LogP contribution in [0.3, 0.4) is 0 Å². The molecule has 0 bridgehead atoms. The van der Waals surface area contributed by atoms with E-state index in [2.05, 4.69) is 133 Å². The third kappa shape index (κ3) is 2.95. The van der Waals surface area contributed by atoms with E-state index in [1.165, 1.54) is 55.3 Å². The molecule has 1 heteroatoms. The van der Waals surface area contributed by atoms with Crippen molar-refractivity contribution in [1.29, 1.82) is 0 Å². The summed E-state index contributed by atoms with van der Waals surface area (Å²) >= 11 is 6.62. The van der Waals surface area contributed by atoms with Gasteiger partial charge in [-0.1, -0.05) is 139 Å². The van der Waals surface area contributed by atoms with E-state index in [4.69, 9.17) is 11.6 Å². The fourth-order valence-electron chi connectivity index (χ4n) is 6.21. The van der Waals surface area contributed by atoms with Crippen LogP contribution in [0, 0.1) is 0 Å². The average molecular weight is 479 g/mol. The molecular formula is C35H23Cl. The molecule has 0 saturated heterocycles. The molecule has 1 aliphatic rings. The van der Waals surface area contributed by atoms with E-state index in [1.54, 1.807) is 0 Å². The minimum atomic E-state index is -0.460. The van der Waals surface area contributed by atoms with Crippen molar-refractivity contribution < 1.29 is 0 Å². The van der Waals surface area contributed by atoms with Crippen LogP contribution < -0.4 is 0 Å². The molecule has 6 aromatic carbocycles. The van der Waals surface area contributed by atoms with Crippen LogP contribution in [0.25, 0.3) is 33.0 Å². The van der Waals surface area contributed by atoms with Crippen LogP contribution in [-0.4, -0.2) is 0 Å². The molecule has 1 aliphatic carbocycles. The van der Waals surface area contributed by atoms with Crippen LogP contribution in [0.1, 0.15) is 22.3 Å². The predicted octanol–water partition coefficient (Wildman–Crippen LogP) is 9.52. The molecule has 0 N–H and O–H groups in total. The van der Waals surface area contributed by atoms with Gasteiger partial charge in [-0.15, -0.1) is 0 Å². The summed E-state index contributed by atoms with van der Waals surface area (Å²) in [7, 11) is 0. The van der Waals surface area contributed by atoms with Gasteiger partial charge in [0.2, 0.25) is 0 Å². The molecular weight excluding hydrogens is 456 g/mol. The van der Waals surface area contributed by atoms with Crippen LogP contribution >= 0.6 is 11.6 Å². The van der Waals surface area contributed by atoms with Gasteiger partial charge in [0.15, 0.2) is 0 Å². The minimum absolute atomic E-state index is 0.460. The van der Waals surface area contributed by atoms with E-state index in [0.29, 0.717) is 0 Å². The summed E-state index contributed by atoms with van der Waals surface area (Å²) in [6, 6.07) is 50.2. The molecule has 0 spiro atoms. The first-order valence-electron chi connectivity index (χ1n) is 12.3. The first kappa shape index (κ1) is 21.2. The molecule has 170 valence electrons. The Hall–Kier alpha value is -4.13. The Bertz CT molecular complexity index is 1740. The van der Waals surface area contributed by atoms with Crippen molar-refractivity contribution in [2.75, 3.05) is 0 Å². The Labute approximate surface area is 216 Å². The van der Waals surface area contributed by atoms with Crippen LogP contribution in [0.2, 0.25) is 5.02 Å². The van der Waals surface area contributed by atoms with Crippen LogP contribution in [-0.2, 0) is 5.41 Å². The second kappa shape index (κ2) is 8.22. The van der Waals surface area contributed by atoms with Gasteiger partial charge in [0, 0.05) is 5.02 Å². The summed E-state index contributed by atoms with van der Waals surface area (Å²) in [5.74, 6) is 0.